The molecule has 2 aromatic carbocycles. The molecule has 0 radical (unpaired) electrons. The van der Waals surface area contributed by atoms with Crippen molar-refractivity contribution < 1.29 is 28.5 Å². The van der Waals surface area contributed by atoms with Crippen molar-refractivity contribution in [2.24, 2.45) is 5.92 Å². The number of benzene rings is 2. The number of hydrogen-bond donors (Lipinski definition) is 1. The van der Waals surface area contributed by atoms with Gasteiger partial charge in [-0.1, -0.05) is 26.0 Å². The van der Waals surface area contributed by atoms with Crippen LogP contribution in [0.25, 0.3) is 6.08 Å². The van der Waals surface area contributed by atoms with Crippen molar-refractivity contribution in [2.75, 3.05) is 27.4 Å². The third kappa shape index (κ3) is 5.36. The van der Waals surface area contributed by atoms with Crippen LogP contribution in [0.15, 0.2) is 42.2 Å². The molecule has 0 spiro atoms. The first kappa shape index (κ1) is 22.2. The lowest BCUT2D eigenvalue weighted by atomic mass is 10.1. The van der Waals surface area contributed by atoms with Crippen molar-refractivity contribution in [2.45, 2.75) is 20.3 Å². The standard InChI is InChI=1S/C24H27NO6/c1-15(2)10-11-25-22(26)14-30-17-8-9-18-20(13-17)31-21(23(18)27)12-16-6-5-7-19(28-3)24(16)29-4/h5-9,12-13,15H,10-11,14H2,1-4H3,(H,25,26)/b21-12-. The number of ketones is 1. The van der Waals surface area contributed by atoms with Crippen LogP contribution >= 0.6 is 0 Å². The van der Waals surface area contributed by atoms with Crippen molar-refractivity contribution in [1.29, 1.82) is 0 Å². The summed E-state index contributed by atoms with van der Waals surface area (Å²) in [7, 11) is 3.09. The highest BCUT2D eigenvalue weighted by molar-refractivity contribution is 6.14. The van der Waals surface area contributed by atoms with E-state index in [-0.39, 0.29) is 24.1 Å². The number of allylic oxidation sites excluding steroid dienone is 1. The number of fused-ring (bicyclic) bond motifs is 1. The Morgan fingerprint density at radius 2 is 1.97 bits per heavy atom. The van der Waals surface area contributed by atoms with Crippen LogP contribution in [0.3, 0.4) is 0 Å². The molecule has 1 aliphatic rings. The highest BCUT2D eigenvalue weighted by atomic mass is 16.5. The van der Waals surface area contributed by atoms with Crippen molar-refractivity contribution >= 4 is 17.8 Å². The first-order chi connectivity index (χ1) is 14.9. The Labute approximate surface area is 181 Å². The largest absolute Gasteiger partial charge is 0.493 e. The summed E-state index contributed by atoms with van der Waals surface area (Å²) in [6.45, 7) is 4.71. The zero-order valence-electron chi connectivity index (χ0n) is 18.2. The number of carbonyl (C=O) groups excluding carboxylic acids is 2. The molecule has 0 atom stereocenters. The number of carbonyl (C=O) groups is 2. The second kappa shape index (κ2) is 10.0. The topological polar surface area (TPSA) is 83.1 Å². The third-order valence-electron chi connectivity index (χ3n) is 4.78. The molecule has 1 heterocycles. The molecule has 0 saturated heterocycles. The number of methoxy groups -OCH3 is 2. The fourth-order valence-corrected chi connectivity index (χ4v) is 3.12. The molecule has 0 fully saturated rings. The van der Waals surface area contributed by atoms with E-state index in [2.05, 4.69) is 19.2 Å². The van der Waals surface area contributed by atoms with Crippen molar-refractivity contribution in [3.05, 3.63) is 53.3 Å². The zero-order chi connectivity index (χ0) is 22.4. The summed E-state index contributed by atoms with van der Waals surface area (Å²) in [5.41, 5.74) is 1.09. The van der Waals surface area contributed by atoms with Crippen LogP contribution in [-0.2, 0) is 4.79 Å². The van der Waals surface area contributed by atoms with Crippen molar-refractivity contribution in [1.82, 2.24) is 5.32 Å². The average Bonchev–Trinajstić information content (AvgIpc) is 3.06. The monoisotopic (exact) mass is 425 g/mol. The second-order valence-electron chi connectivity index (χ2n) is 7.50. The predicted molar refractivity (Wildman–Crippen MR) is 117 cm³/mol. The molecular weight excluding hydrogens is 398 g/mol. The highest BCUT2D eigenvalue weighted by Gasteiger charge is 2.28. The summed E-state index contributed by atoms with van der Waals surface area (Å²) < 4.78 is 22.0. The van der Waals surface area contributed by atoms with Gasteiger partial charge in [0, 0.05) is 18.2 Å². The number of amides is 1. The molecule has 0 aromatic heterocycles. The minimum Gasteiger partial charge on any atom is -0.493 e. The van der Waals surface area contributed by atoms with Crippen LogP contribution < -0.4 is 24.3 Å². The average molecular weight is 425 g/mol. The van der Waals surface area contributed by atoms with E-state index in [9.17, 15) is 9.59 Å². The van der Waals surface area contributed by atoms with Crippen LogP contribution in [0.4, 0.5) is 0 Å². The first-order valence-corrected chi connectivity index (χ1v) is 10.1. The molecule has 3 rings (SSSR count). The molecule has 164 valence electrons. The fourth-order valence-electron chi connectivity index (χ4n) is 3.12. The van der Waals surface area contributed by atoms with E-state index in [1.165, 1.54) is 7.11 Å². The molecular formula is C24H27NO6. The van der Waals surface area contributed by atoms with Gasteiger partial charge < -0.3 is 24.3 Å². The normalized spacial score (nSPS) is 13.7. The summed E-state index contributed by atoms with van der Waals surface area (Å²) >= 11 is 0. The predicted octanol–water partition coefficient (Wildman–Crippen LogP) is 3.86. The lowest BCUT2D eigenvalue weighted by Gasteiger charge is -2.10. The molecule has 31 heavy (non-hydrogen) atoms. The zero-order valence-corrected chi connectivity index (χ0v) is 18.2. The summed E-state index contributed by atoms with van der Waals surface area (Å²) in [6, 6.07) is 10.3. The SMILES string of the molecule is COc1cccc(/C=C2\Oc3cc(OCC(=O)NCCC(C)C)ccc3C2=O)c1OC. The van der Waals surface area contributed by atoms with Gasteiger partial charge in [-0.2, -0.15) is 0 Å². The Balaban J connectivity index is 1.69. The molecule has 1 N–H and O–H groups in total. The van der Waals surface area contributed by atoms with Gasteiger partial charge in [0.25, 0.3) is 5.91 Å². The molecule has 0 saturated carbocycles. The lowest BCUT2D eigenvalue weighted by Crippen LogP contribution is -2.30. The highest BCUT2D eigenvalue weighted by Crippen LogP contribution is 2.37. The maximum Gasteiger partial charge on any atom is 0.257 e. The number of para-hydroxylation sites is 1. The summed E-state index contributed by atoms with van der Waals surface area (Å²) in [5, 5.41) is 2.82. The summed E-state index contributed by atoms with van der Waals surface area (Å²) in [6.07, 6.45) is 2.53. The van der Waals surface area contributed by atoms with Gasteiger partial charge in [-0.15, -0.1) is 0 Å². The molecule has 7 nitrogen and oxygen atoms in total. The molecule has 7 heteroatoms. The van der Waals surface area contributed by atoms with Gasteiger partial charge in [-0.25, -0.2) is 0 Å². The maximum atomic E-state index is 12.7. The van der Waals surface area contributed by atoms with Crippen LogP contribution in [0.1, 0.15) is 36.2 Å². The molecule has 0 bridgehead atoms. The molecule has 0 aliphatic carbocycles. The Bertz CT molecular complexity index is 996. The second-order valence-corrected chi connectivity index (χ2v) is 7.50. The summed E-state index contributed by atoms with van der Waals surface area (Å²) in [5.74, 6) is 2.17. The number of Topliss-reactive ketones (excluding diaryl/α,β-unsaturated/α-hetero) is 1. The molecule has 1 amide bonds. The smallest absolute Gasteiger partial charge is 0.257 e. The number of hydrogen-bond acceptors (Lipinski definition) is 6. The Kier molecular flexibility index (Phi) is 7.18. The van der Waals surface area contributed by atoms with Crippen molar-refractivity contribution in [3.63, 3.8) is 0 Å². The van der Waals surface area contributed by atoms with E-state index < -0.39 is 0 Å². The van der Waals surface area contributed by atoms with Crippen LogP contribution in [0.2, 0.25) is 0 Å². The maximum absolute atomic E-state index is 12.7. The van der Waals surface area contributed by atoms with E-state index in [1.54, 1.807) is 49.6 Å². The van der Waals surface area contributed by atoms with Crippen molar-refractivity contribution in [3.8, 4) is 23.0 Å². The van der Waals surface area contributed by atoms with Gasteiger partial charge in [0.1, 0.15) is 11.5 Å². The van der Waals surface area contributed by atoms with Crippen LogP contribution in [0.5, 0.6) is 23.0 Å². The van der Waals surface area contributed by atoms with E-state index in [0.717, 1.165) is 6.42 Å². The van der Waals surface area contributed by atoms with Gasteiger partial charge in [0.15, 0.2) is 23.9 Å². The van der Waals surface area contributed by atoms with Crippen LogP contribution in [0, 0.1) is 5.92 Å². The first-order valence-electron chi connectivity index (χ1n) is 10.1. The van der Waals surface area contributed by atoms with Gasteiger partial charge in [-0.3, -0.25) is 9.59 Å². The quantitative estimate of drug-likeness (QED) is 0.615. The van der Waals surface area contributed by atoms with Gasteiger partial charge in [0.2, 0.25) is 5.78 Å². The third-order valence-corrected chi connectivity index (χ3v) is 4.78. The van der Waals surface area contributed by atoms with Gasteiger partial charge in [-0.05, 0) is 36.6 Å². The number of nitrogens with one attached hydrogen (secondary N) is 1. The van der Waals surface area contributed by atoms with Gasteiger partial charge >= 0.3 is 0 Å². The number of ether oxygens (including phenoxy) is 4. The van der Waals surface area contributed by atoms with Crippen LogP contribution in [-0.4, -0.2) is 39.1 Å². The van der Waals surface area contributed by atoms with E-state index >= 15 is 0 Å². The van der Waals surface area contributed by atoms with Gasteiger partial charge in [0.05, 0.1) is 19.8 Å². The molecule has 1 aliphatic heterocycles. The lowest BCUT2D eigenvalue weighted by molar-refractivity contribution is -0.123. The Hall–Kier alpha value is -3.48. The Morgan fingerprint density at radius 1 is 1.16 bits per heavy atom. The van der Waals surface area contributed by atoms with E-state index in [0.29, 0.717) is 46.6 Å². The molecule has 2 aromatic rings. The minimum absolute atomic E-state index is 0.103. The Morgan fingerprint density at radius 3 is 2.68 bits per heavy atom. The minimum atomic E-state index is -0.238. The van der Waals surface area contributed by atoms with E-state index in [4.69, 9.17) is 18.9 Å². The fraction of sp³-hybridized carbons (Fsp3) is 0.333. The van der Waals surface area contributed by atoms with E-state index in [1.807, 2.05) is 0 Å². The number of rotatable bonds is 9. The molecule has 0 unspecified atom stereocenters. The summed E-state index contributed by atoms with van der Waals surface area (Å²) in [4.78, 5) is 24.6.